The highest BCUT2D eigenvalue weighted by Gasteiger charge is 2.39. The summed E-state index contributed by atoms with van der Waals surface area (Å²) in [6.45, 7) is 0. The van der Waals surface area contributed by atoms with Crippen molar-refractivity contribution in [3.63, 3.8) is 0 Å². The number of fused-ring (bicyclic) bond motifs is 1. The lowest BCUT2D eigenvalue weighted by atomic mass is 9.90. The molecule has 2 fully saturated rings. The number of hydrogen-bond donors (Lipinski definition) is 0. The summed E-state index contributed by atoms with van der Waals surface area (Å²) < 4.78 is 20.0. The van der Waals surface area contributed by atoms with Crippen molar-refractivity contribution in [1.29, 1.82) is 0 Å². The van der Waals surface area contributed by atoms with Crippen molar-refractivity contribution < 1.29 is 13.9 Å². The van der Waals surface area contributed by atoms with Crippen LogP contribution in [-0.2, 0) is 17.6 Å². The minimum atomic E-state index is -0.379. The van der Waals surface area contributed by atoms with Gasteiger partial charge in [-0.2, -0.15) is 0 Å². The number of thioether (sulfide) groups is 1. The largest absolute Gasteiger partial charge is 0.496 e. The Morgan fingerprint density at radius 1 is 1.06 bits per heavy atom. The number of amides is 1. The maximum absolute atomic E-state index is 14.4. The summed E-state index contributed by atoms with van der Waals surface area (Å²) >= 11 is 1.34. The number of ether oxygens (including phenoxy) is 1. The first-order valence-electron chi connectivity index (χ1n) is 11.9. The predicted octanol–water partition coefficient (Wildman–Crippen LogP) is 6.65. The molecule has 1 heterocycles. The zero-order chi connectivity index (χ0) is 22.8. The van der Waals surface area contributed by atoms with Crippen LogP contribution in [0.5, 0.6) is 5.75 Å². The maximum Gasteiger partial charge on any atom is 0.267 e. The van der Waals surface area contributed by atoms with E-state index < -0.39 is 0 Å². The van der Waals surface area contributed by atoms with Gasteiger partial charge in [-0.3, -0.25) is 9.69 Å². The van der Waals surface area contributed by atoms with Gasteiger partial charge in [0.2, 0.25) is 0 Å². The number of aliphatic imine (C=N–C) groups is 1. The van der Waals surface area contributed by atoms with E-state index in [2.05, 4.69) is 17.1 Å². The molecule has 0 radical (unpaired) electrons. The second kappa shape index (κ2) is 9.72. The molecule has 33 heavy (non-hydrogen) atoms. The molecule has 1 saturated carbocycles. The van der Waals surface area contributed by atoms with Gasteiger partial charge >= 0.3 is 0 Å². The molecule has 2 aromatic carbocycles. The lowest BCUT2D eigenvalue weighted by Gasteiger charge is -2.30. The Labute approximate surface area is 198 Å². The van der Waals surface area contributed by atoms with E-state index in [9.17, 15) is 9.18 Å². The van der Waals surface area contributed by atoms with E-state index in [1.807, 2.05) is 11.0 Å². The summed E-state index contributed by atoms with van der Waals surface area (Å²) in [6, 6.07) is 10.9. The van der Waals surface area contributed by atoms with E-state index in [0.29, 0.717) is 10.1 Å². The molecule has 2 aromatic rings. The normalized spacial score (nSPS) is 21.6. The van der Waals surface area contributed by atoms with Crippen molar-refractivity contribution >= 4 is 34.6 Å². The molecule has 2 aliphatic carbocycles. The van der Waals surface area contributed by atoms with E-state index in [4.69, 9.17) is 4.74 Å². The van der Waals surface area contributed by atoms with Crippen molar-refractivity contribution in [1.82, 2.24) is 4.90 Å². The third-order valence-corrected chi connectivity index (χ3v) is 7.81. The second-order valence-electron chi connectivity index (χ2n) is 8.99. The molecule has 0 atom stereocenters. The summed E-state index contributed by atoms with van der Waals surface area (Å²) in [7, 11) is 1.68. The Bertz CT molecular complexity index is 1120. The predicted molar refractivity (Wildman–Crippen MR) is 132 cm³/mol. The first kappa shape index (κ1) is 22.2. The highest BCUT2D eigenvalue weighted by molar-refractivity contribution is 8.18. The van der Waals surface area contributed by atoms with Gasteiger partial charge in [-0.25, -0.2) is 9.38 Å². The van der Waals surface area contributed by atoms with Crippen LogP contribution >= 0.6 is 11.8 Å². The minimum Gasteiger partial charge on any atom is -0.496 e. The lowest BCUT2D eigenvalue weighted by Crippen LogP contribution is -2.40. The molecule has 5 rings (SSSR count). The van der Waals surface area contributed by atoms with E-state index in [1.165, 1.54) is 48.2 Å². The average molecular weight is 465 g/mol. The smallest absolute Gasteiger partial charge is 0.267 e. The number of hydrogen-bond acceptors (Lipinski definition) is 4. The van der Waals surface area contributed by atoms with Gasteiger partial charge in [-0.05, 0) is 91.8 Å². The molecule has 0 unspecified atom stereocenters. The molecule has 172 valence electrons. The van der Waals surface area contributed by atoms with Gasteiger partial charge in [0.1, 0.15) is 17.3 Å². The fourth-order valence-corrected chi connectivity index (χ4v) is 6.13. The van der Waals surface area contributed by atoms with Crippen molar-refractivity contribution in [2.24, 2.45) is 4.99 Å². The number of carbonyl (C=O) groups excluding carboxylic acids is 1. The number of amidine groups is 1. The zero-order valence-electron chi connectivity index (χ0n) is 19.0. The molecule has 0 spiro atoms. The molecule has 0 aromatic heterocycles. The van der Waals surface area contributed by atoms with E-state index in [1.54, 1.807) is 25.3 Å². The maximum atomic E-state index is 14.4. The van der Waals surface area contributed by atoms with Crippen molar-refractivity contribution in [2.45, 2.75) is 63.8 Å². The molecular weight excluding hydrogens is 435 g/mol. The SMILES string of the molecule is COc1cc2c(cc1C=C1SC(=Nc3ccccc3F)N(C3CCCCC3)C1=O)CCCC2. The lowest BCUT2D eigenvalue weighted by molar-refractivity contribution is -0.124. The van der Waals surface area contributed by atoms with Crippen LogP contribution in [0.3, 0.4) is 0 Å². The van der Waals surface area contributed by atoms with Gasteiger partial charge in [-0.1, -0.05) is 31.4 Å². The highest BCUT2D eigenvalue weighted by Crippen LogP contribution is 2.40. The Balaban J connectivity index is 1.54. The van der Waals surface area contributed by atoms with Crippen LogP contribution in [-0.4, -0.2) is 29.1 Å². The Morgan fingerprint density at radius 2 is 1.79 bits per heavy atom. The zero-order valence-corrected chi connectivity index (χ0v) is 19.8. The fourth-order valence-electron chi connectivity index (χ4n) is 5.08. The molecule has 4 nitrogen and oxygen atoms in total. The monoisotopic (exact) mass is 464 g/mol. The highest BCUT2D eigenvalue weighted by atomic mass is 32.2. The molecule has 1 saturated heterocycles. The topological polar surface area (TPSA) is 41.9 Å². The Kier molecular flexibility index (Phi) is 6.54. The number of nitrogens with zero attached hydrogens (tertiary/aromatic N) is 2. The van der Waals surface area contributed by atoms with Crippen LogP contribution in [0.4, 0.5) is 10.1 Å². The van der Waals surface area contributed by atoms with Crippen LogP contribution < -0.4 is 4.74 Å². The van der Waals surface area contributed by atoms with E-state index >= 15 is 0 Å². The first-order chi connectivity index (χ1) is 16.1. The molecular formula is C27H29FN2O2S. The summed E-state index contributed by atoms with van der Waals surface area (Å²) in [6.07, 6.45) is 11.8. The average Bonchev–Trinajstić information content (AvgIpc) is 3.15. The number of aryl methyl sites for hydroxylation is 2. The van der Waals surface area contributed by atoms with Crippen LogP contribution in [0.2, 0.25) is 0 Å². The third-order valence-electron chi connectivity index (χ3n) is 6.83. The van der Waals surface area contributed by atoms with Crippen LogP contribution in [0.1, 0.15) is 61.6 Å². The molecule has 0 bridgehead atoms. The summed E-state index contributed by atoms with van der Waals surface area (Å²) in [4.78, 5) is 20.6. The van der Waals surface area contributed by atoms with Crippen LogP contribution in [0.15, 0.2) is 46.3 Å². The number of halogens is 1. The standard InChI is InChI=1S/C27H29FN2O2S/c1-32-24-16-19-10-6-5-9-18(19)15-20(24)17-25-26(31)30(21-11-3-2-4-12-21)27(33-25)29-23-14-8-7-13-22(23)28/h7-8,13-17,21H,2-6,9-12H2,1H3. The first-order valence-corrected chi connectivity index (χ1v) is 12.7. The van der Waals surface area contributed by atoms with E-state index in [-0.39, 0.29) is 23.5 Å². The van der Waals surface area contributed by atoms with Crippen molar-refractivity contribution in [3.05, 3.63) is 63.8 Å². The molecule has 1 aliphatic heterocycles. The van der Waals surface area contributed by atoms with Crippen LogP contribution in [0.25, 0.3) is 6.08 Å². The molecule has 3 aliphatic rings. The van der Waals surface area contributed by atoms with E-state index in [0.717, 1.165) is 49.8 Å². The number of carbonyl (C=O) groups is 1. The fraction of sp³-hybridized carbons (Fsp3) is 0.407. The van der Waals surface area contributed by atoms with Crippen molar-refractivity contribution in [2.75, 3.05) is 7.11 Å². The van der Waals surface area contributed by atoms with Crippen LogP contribution in [0, 0.1) is 5.82 Å². The molecule has 0 N–H and O–H groups in total. The van der Waals surface area contributed by atoms with Gasteiger partial charge in [0, 0.05) is 11.6 Å². The summed E-state index contributed by atoms with van der Waals surface area (Å²) in [5, 5.41) is 0.570. The van der Waals surface area contributed by atoms with Gasteiger partial charge < -0.3 is 4.74 Å². The molecule has 6 heteroatoms. The minimum absolute atomic E-state index is 0.0400. The quantitative estimate of drug-likeness (QED) is 0.476. The second-order valence-corrected chi connectivity index (χ2v) is 10.0. The number of benzene rings is 2. The van der Waals surface area contributed by atoms with Crippen molar-refractivity contribution in [3.8, 4) is 5.75 Å². The number of para-hydroxylation sites is 1. The van der Waals surface area contributed by atoms with Gasteiger partial charge in [-0.15, -0.1) is 0 Å². The van der Waals surface area contributed by atoms with Gasteiger partial charge in [0.15, 0.2) is 5.17 Å². The number of rotatable bonds is 4. The summed E-state index contributed by atoms with van der Waals surface area (Å²) in [5.74, 6) is 0.373. The Morgan fingerprint density at radius 3 is 2.52 bits per heavy atom. The molecule has 1 amide bonds. The van der Waals surface area contributed by atoms with Gasteiger partial charge in [0.05, 0.1) is 12.0 Å². The van der Waals surface area contributed by atoms with Gasteiger partial charge in [0.25, 0.3) is 5.91 Å². The number of methoxy groups -OCH3 is 1. The third kappa shape index (κ3) is 4.58. The Hall–Kier alpha value is -2.60. The summed E-state index contributed by atoms with van der Waals surface area (Å²) in [5.41, 5.74) is 3.87.